The Labute approximate surface area is 74.4 Å². The SMILES string of the molecule is C=CCOCC(C)CNCCO. The van der Waals surface area contributed by atoms with Gasteiger partial charge in [0.15, 0.2) is 0 Å². The average molecular weight is 173 g/mol. The molecular weight excluding hydrogens is 154 g/mol. The van der Waals surface area contributed by atoms with E-state index in [9.17, 15) is 0 Å². The molecule has 0 aliphatic carbocycles. The predicted octanol–water partition coefficient (Wildman–Crippen LogP) is 0.407. The minimum absolute atomic E-state index is 0.195. The summed E-state index contributed by atoms with van der Waals surface area (Å²) in [5.41, 5.74) is 0. The molecule has 3 heteroatoms. The summed E-state index contributed by atoms with van der Waals surface area (Å²) in [6, 6.07) is 0. The van der Waals surface area contributed by atoms with Crippen molar-refractivity contribution < 1.29 is 9.84 Å². The van der Waals surface area contributed by atoms with Crippen LogP contribution in [0.3, 0.4) is 0 Å². The molecule has 2 N–H and O–H groups in total. The van der Waals surface area contributed by atoms with Crippen LogP contribution in [0.2, 0.25) is 0 Å². The number of hydrogen-bond acceptors (Lipinski definition) is 3. The molecule has 1 unspecified atom stereocenters. The van der Waals surface area contributed by atoms with Gasteiger partial charge in [-0.2, -0.15) is 0 Å². The summed E-state index contributed by atoms with van der Waals surface area (Å²) < 4.78 is 5.25. The van der Waals surface area contributed by atoms with Gasteiger partial charge in [-0.1, -0.05) is 13.0 Å². The molecule has 0 spiro atoms. The van der Waals surface area contributed by atoms with Crippen molar-refractivity contribution in [3.05, 3.63) is 12.7 Å². The number of ether oxygens (including phenoxy) is 1. The molecule has 12 heavy (non-hydrogen) atoms. The van der Waals surface area contributed by atoms with E-state index >= 15 is 0 Å². The van der Waals surface area contributed by atoms with Crippen LogP contribution in [0.4, 0.5) is 0 Å². The highest BCUT2D eigenvalue weighted by Gasteiger charge is 1.99. The van der Waals surface area contributed by atoms with E-state index in [0.717, 1.165) is 13.2 Å². The van der Waals surface area contributed by atoms with Crippen molar-refractivity contribution in [1.29, 1.82) is 0 Å². The van der Waals surface area contributed by atoms with Gasteiger partial charge in [0.2, 0.25) is 0 Å². The molecule has 0 aromatic carbocycles. The summed E-state index contributed by atoms with van der Waals surface area (Å²) in [5.74, 6) is 0.483. The minimum Gasteiger partial charge on any atom is -0.395 e. The van der Waals surface area contributed by atoms with Crippen molar-refractivity contribution in [2.45, 2.75) is 6.92 Å². The van der Waals surface area contributed by atoms with Gasteiger partial charge in [0.25, 0.3) is 0 Å². The fourth-order valence-electron chi connectivity index (χ4n) is 0.839. The average Bonchev–Trinajstić information content (AvgIpc) is 2.06. The molecule has 0 heterocycles. The second-order valence-electron chi connectivity index (χ2n) is 2.86. The van der Waals surface area contributed by atoms with Crippen LogP contribution in [0, 0.1) is 5.92 Å². The quantitative estimate of drug-likeness (QED) is 0.412. The summed E-state index contributed by atoms with van der Waals surface area (Å²) in [4.78, 5) is 0. The Hall–Kier alpha value is -0.380. The van der Waals surface area contributed by atoms with Crippen molar-refractivity contribution in [3.8, 4) is 0 Å². The molecule has 0 saturated carbocycles. The Balaban J connectivity index is 3.09. The number of aliphatic hydroxyl groups is 1. The Bertz CT molecular complexity index is 107. The van der Waals surface area contributed by atoms with E-state index in [1.54, 1.807) is 6.08 Å². The Morgan fingerprint density at radius 3 is 3.00 bits per heavy atom. The lowest BCUT2D eigenvalue weighted by molar-refractivity contribution is 0.127. The van der Waals surface area contributed by atoms with Crippen LogP contribution in [-0.4, -0.2) is 38.0 Å². The van der Waals surface area contributed by atoms with E-state index in [-0.39, 0.29) is 6.61 Å². The van der Waals surface area contributed by atoms with Gasteiger partial charge >= 0.3 is 0 Å². The molecule has 72 valence electrons. The van der Waals surface area contributed by atoms with Crippen LogP contribution < -0.4 is 5.32 Å². The molecule has 0 aromatic rings. The van der Waals surface area contributed by atoms with Crippen molar-refractivity contribution >= 4 is 0 Å². The van der Waals surface area contributed by atoms with E-state index in [0.29, 0.717) is 19.1 Å². The van der Waals surface area contributed by atoms with Crippen LogP contribution in [0.5, 0.6) is 0 Å². The summed E-state index contributed by atoms with van der Waals surface area (Å²) in [5, 5.41) is 11.6. The van der Waals surface area contributed by atoms with Crippen LogP contribution in [-0.2, 0) is 4.74 Å². The number of hydrogen-bond donors (Lipinski definition) is 2. The van der Waals surface area contributed by atoms with Crippen molar-refractivity contribution in [3.63, 3.8) is 0 Å². The molecule has 0 radical (unpaired) electrons. The first kappa shape index (κ1) is 11.6. The van der Waals surface area contributed by atoms with Crippen LogP contribution in [0.1, 0.15) is 6.92 Å². The van der Waals surface area contributed by atoms with E-state index in [4.69, 9.17) is 9.84 Å². The predicted molar refractivity (Wildman–Crippen MR) is 50.1 cm³/mol. The zero-order valence-electron chi connectivity index (χ0n) is 7.75. The summed E-state index contributed by atoms with van der Waals surface area (Å²) in [7, 11) is 0. The largest absolute Gasteiger partial charge is 0.395 e. The molecule has 0 aliphatic heterocycles. The normalized spacial score (nSPS) is 12.8. The number of aliphatic hydroxyl groups excluding tert-OH is 1. The lowest BCUT2D eigenvalue weighted by atomic mass is 10.2. The highest BCUT2D eigenvalue weighted by molar-refractivity contribution is 4.64. The zero-order chi connectivity index (χ0) is 9.23. The molecule has 1 atom stereocenters. The van der Waals surface area contributed by atoms with Gasteiger partial charge in [0.1, 0.15) is 0 Å². The van der Waals surface area contributed by atoms with Gasteiger partial charge in [0.05, 0.1) is 19.8 Å². The second kappa shape index (κ2) is 8.71. The fraction of sp³-hybridized carbons (Fsp3) is 0.778. The van der Waals surface area contributed by atoms with E-state index < -0.39 is 0 Å². The first-order valence-corrected chi connectivity index (χ1v) is 4.31. The van der Waals surface area contributed by atoms with Crippen LogP contribution >= 0.6 is 0 Å². The first-order chi connectivity index (χ1) is 5.81. The fourth-order valence-corrected chi connectivity index (χ4v) is 0.839. The molecule has 0 rings (SSSR count). The van der Waals surface area contributed by atoms with Crippen LogP contribution in [0.25, 0.3) is 0 Å². The monoisotopic (exact) mass is 173 g/mol. The summed E-state index contributed by atoms with van der Waals surface area (Å²) in [6.45, 7) is 8.76. The Morgan fingerprint density at radius 2 is 2.42 bits per heavy atom. The third kappa shape index (κ3) is 7.72. The summed E-state index contributed by atoms with van der Waals surface area (Å²) in [6.07, 6.45) is 1.74. The van der Waals surface area contributed by atoms with Crippen molar-refractivity contribution in [1.82, 2.24) is 5.32 Å². The highest BCUT2D eigenvalue weighted by atomic mass is 16.5. The molecule has 0 saturated heterocycles. The number of nitrogens with one attached hydrogen (secondary N) is 1. The highest BCUT2D eigenvalue weighted by Crippen LogP contribution is 1.93. The van der Waals surface area contributed by atoms with E-state index in [1.165, 1.54) is 0 Å². The minimum atomic E-state index is 0.195. The van der Waals surface area contributed by atoms with Gasteiger partial charge < -0.3 is 15.2 Å². The zero-order valence-corrected chi connectivity index (χ0v) is 7.75. The molecule has 0 bridgehead atoms. The van der Waals surface area contributed by atoms with Crippen molar-refractivity contribution in [2.24, 2.45) is 5.92 Å². The van der Waals surface area contributed by atoms with Gasteiger partial charge in [-0.05, 0) is 12.5 Å². The topological polar surface area (TPSA) is 41.5 Å². The van der Waals surface area contributed by atoms with Gasteiger partial charge in [0, 0.05) is 6.54 Å². The van der Waals surface area contributed by atoms with E-state index in [1.807, 2.05) is 0 Å². The molecule has 0 amide bonds. The van der Waals surface area contributed by atoms with Crippen LogP contribution in [0.15, 0.2) is 12.7 Å². The lowest BCUT2D eigenvalue weighted by Gasteiger charge is -2.11. The van der Waals surface area contributed by atoms with Gasteiger partial charge in [-0.25, -0.2) is 0 Å². The Kier molecular flexibility index (Phi) is 8.44. The second-order valence-corrected chi connectivity index (χ2v) is 2.86. The molecular formula is C9H19NO2. The van der Waals surface area contributed by atoms with Crippen molar-refractivity contribution in [2.75, 3.05) is 32.9 Å². The number of rotatable bonds is 8. The maximum atomic E-state index is 8.49. The standard InChI is InChI=1S/C9H19NO2/c1-3-6-12-8-9(2)7-10-4-5-11/h3,9-11H,1,4-8H2,2H3. The third-order valence-electron chi connectivity index (χ3n) is 1.42. The summed E-state index contributed by atoms with van der Waals surface area (Å²) >= 11 is 0. The smallest absolute Gasteiger partial charge is 0.0644 e. The molecule has 0 fully saturated rings. The first-order valence-electron chi connectivity index (χ1n) is 4.31. The molecule has 0 aliphatic rings. The maximum absolute atomic E-state index is 8.49. The lowest BCUT2D eigenvalue weighted by Crippen LogP contribution is -2.26. The van der Waals surface area contributed by atoms with Gasteiger partial charge in [-0.3, -0.25) is 0 Å². The third-order valence-corrected chi connectivity index (χ3v) is 1.42. The Morgan fingerprint density at radius 1 is 1.67 bits per heavy atom. The molecule has 3 nitrogen and oxygen atoms in total. The van der Waals surface area contributed by atoms with E-state index in [2.05, 4.69) is 18.8 Å². The maximum Gasteiger partial charge on any atom is 0.0644 e. The van der Waals surface area contributed by atoms with Gasteiger partial charge in [-0.15, -0.1) is 6.58 Å². The molecule has 0 aromatic heterocycles.